The van der Waals surface area contributed by atoms with Gasteiger partial charge in [0.2, 0.25) is 11.6 Å². The number of aromatic hydroxyl groups is 1. The molecule has 0 bridgehead atoms. The fourth-order valence-electron chi connectivity index (χ4n) is 16.4. The van der Waals surface area contributed by atoms with Crippen molar-refractivity contribution in [1.29, 1.82) is 0 Å². The zero-order valence-electron chi connectivity index (χ0n) is 53.2. The summed E-state index contributed by atoms with van der Waals surface area (Å²) in [6.07, 6.45) is 4.81. The van der Waals surface area contributed by atoms with Crippen molar-refractivity contribution >= 4 is 60.3 Å². The molecular weight excluding hydrogens is 1140 g/mol. The third-order valence-electron chi connectivity index (χ3n) is 21.5. The molecule has 9 atom stereocenters. The second-order valence-electron chi connectivity index (χ2n) is 28.6. The molecule has 0 unspecified atom stereocenters. The van der Waals surface area contributed by atoms with Gasteiger partial charge >= 0.3 is 0 Å². The number of ketones is 5. The molecule has 8 aliphatic rings. The lowest BCUT2D eigenvalue weighted by Crippen LogP contribution is -2.70. The number of carbonyl (C=O) groups is 6. The number of aliphatic hydroxyl groups is 3. The smallest absolute Gasteiger partial charge is 0.265 e. The molecule has 6 N–H and O–H groups in total. The fraction of sp³-hybridized carbons (Fsp3) is 0.537. The molecule has 20 nitrogen and oxygen atoms in total. The van der Waals surface area contributed by atoms with Crippen molar-refractivity contribution in [3.05, 3.63) is 116 Å². The second kappa shape index (κ2) is 21.3. The minimum atomic E-state index is -2.82. The Morgan fingerprint density at radius 2 is 1.39 bits per heavy atom. The van der Waals surface area contributed by atoms with Crippen LogP contribution in [0.15, 0.2) is 76.0 Å². The van der Waals surface area contributed by atoms with E-state index in [0.717, 1.165) is 60.4 Å². The predicted molar refractivity (Wildman–Crippen MR) is 333 cm³/mol. The van der Waals surface area contributed by atoms with Crippen LogP contribution < -0.4 is 20.3 Å². The molecule has 0 radical (unpaired) electrons. The van der Waals surface area contributed by atoms with Crippen LogP contribution in [0.2, 0.25) is 18.1 Å². The van der Waals surface area contributed by atoms with Gasteiger partial charge < -0.3 is 54.5 Å². The molecule has 1 saturated heterocycles. The number of aliphatic hydroxyl groups excluding tert-OH is 2. The molecule has 7 aliphatic carbocycles. The number of carbonyl (C=O) groups excluding carboxylic acids is 6. The first kappa shape index (κ1) is 62.6. The third-order valence-corrected chi connectivity index (χ3v) is 26.0. The zero-order valence-corrected chi connectivity index (χ0v) is 54.2. The van der Waals surface area contributed by atoms with Crippen LogP contribution in [-0.4, -0.2) is 177 Å². The number of hydrogen-bond donors (Lipinski definition) is 5. The van der Waals surface area contributed by atoms with E-state index in [4.69, 9.17) is 19.4 Å². The summed E-state index contributed by atoms with van der Waals surface area (Å²) < 4.78 is 19.5. The average molecular weight is 1220 g/mol. The first-order chi connectivity index (χ1) is 41.2. The number of aromatic nitrogens is 1. The van der Waals surface area contributed by atoms with Crippen LogP contribution in [0.5, 0.6) is 11.6 Å². The lowest BCUT2D eigenvalue weighted by Gasteiger charge is -2.56. The lowest BCUT2D eigenvalue weighted by atomic mass is 9.51. The first-order valence-corrected chi connectivity index (χ1v) is 33.5. The lowest BCUT2D eigenvalue weighted by molar-refractivity contribution is -0.158. The maximum absolute atomic E-state index is 15.8. The number of likely N-dealkylation sites (tertiary alicyclic amines) is 1. The van der Waals surface area contributed by atoms with E-state index >= 15 is 9.59 Å². The first-order valence-electron chi connectivity index (χ1n) is 30.6. The number of nitrogens with two attached hydrogens (primary N) is 1. The van der Waals surface area contributed by atoms with Gasteiger partial charge in [0.15, 0.2) is 42.6 Å². The number of aryl methyl sites for hydroxylation is 1. The van der Waals surface area contributed by atoms with Crippen LogP contribution >= 0.6 is 0 Å². The number of likely N-dealkylation sites (N-methyl/N-ethyl adjacent to an activating group) is 1. The number of ether oxygens (including phenoxy) is 1. The van der Waals surface area contributed by atoms with Crippen LogP contribution in [0.1, 0.15) is 120 Å². The molecule has 21 heteroatoms. The highest BCUT2D eigenvalue weighted by Gasteiger charge is 2.87. The number of anilines is 2. The molecule has 1 aromatic heterocycles. The van der Waals surface area contributed by atoms with Crippen LogP contribution in [-0.2, 0) is 43.1 Å². The molecule has 12 rings (SSSR count). The van der Waals surface area contributed by atoms with Crippen LogP contribution in [0.4, 0.5) is 11.4 Å². The van der Waals surface area contributed by atoms with Gasteiger partial charge in [-0.3, -0.25) is 38.6 Å². The molecule has 3 saturated carbocycles. The molecule has 88 heavy (non-hydrogen) atoms. The highest BCUT2D eigenvalue weighted by atomic mass is 28.4. The van der Waals surface area contributed by atoms with E-state index in [1.165, 1.54) is 11.0 Å². The van der Waals surface area contributed by atoms with E-state index in [9.17, 15) is 39.6 Å². The number of benzene rings is 3. The summed E-state index contributed by atoms with van der Waals surface area (Å²) in [5.74, 6) is -7.12. The van der Waals surface area contributed by atoms with E-state index in [0.29, 0.717) is 42.7 Å². The van der Waals surface area contributed by atoms with E-state index < -0.39 is 100 Å². The van der Waals surface area contributed by atoms with Gasteiger partial charge in [0.25, 0.3) is 11.8 Å². The topological polar surface area (TPSA) is 270 Å². The minimum Gasteiger partial charge on any atom is -0.508 e. The van der Waals surface area contributed by atoms with Crippen molar-refractivity contribution in [3.63, 3.8) is 0 Å². The SMILES string of the molecule is CN(C)c1ccc(O)c2c1C[C@@]1(CN3CCCCC3)C[C@H]3[C@H](N(C)C)C(=O)C(C(N)=O)=C(O)[C@@]3(O)C(=O)C1=C2O.Cc1ccc(N(C)C)c2c1C(=O)[C@@]13C[C@]1(C2)C[C@H]1[C@H](N(C)C)c2onc(OCc4ccccc4)c2C(=O)[C@@]1(O[Si](C)(C)C(C)(C)C)C3=O. The molecule has 1 amide bonds. The third kappa shape index (κ3) is 8.93. The number of primary amides is 1. The van der Waals surface area contributed by atoms with E-state index in [1.807, 2.05) is 100 Å². The van der Waals surface area contributed by atoms with Crippen LogP contribution in [0.3, 0.4) is 0 Å². The Kier molecular flexibility index (Phi) is 15.2. The van der Waals surface area contributed by atoms with Gasteiger partial charge in [-0.1, -0.05) is 63.6 Å². The highest BCUT2D eigenvalue weighted by molar-refractivity contribution is 6.74. The van der Waals surface area contributed by atoms with Gasteiger partial charge in [-0.15, -0.1) is 0 Å². The number of Topliss-reactive ketones (excluding diaryl/α,β-unsaturated/α-hetero) is 5. The Labute approximate surface area is 515 Å². The van der Waals surface area contributed by atoms with Crippen molar-refractivity contribution in [3.8, 4) is 11.6 Å². The van der Waals surface area contributed by atoms with Crippen molar-refractivity contribution in [2.45, 2.75) is 127 Å². The summed E-state index contributed by atoms with van der Waals surface area (Å²) >= 11 is 0. The molecule has 2 heterocycles. The number of rotatable bonds is 12. The minimum absolute atomic E-state index is 0.0482. The van der Waals surface area contributed by atoms with Gasteiger partial charge in [-0.05, 0) is 162 Å². The summed E-state index contributed by atoms with van der Waals surface area (Å²) in [4.78, 5) is 96.1. The summed E-state index contributed by atoms with van der Waals surface area (Å²) in [6.45, 7) is 14.5. The molecule has 4 aromatic rings. The number of fused-ring (bicyclic) bond motifs is 6. The van der Waals surface area contributed by atoms with E-state index in [2.05, 4.69) is 50.0 Å². The van der Waals surface area contributed by atoms with Gasteiger partial charge in [0.05, 0.1) is 17.6 Å². The van der Waals surface area contributed by atoms with Gasteiger partial charge in [0.1, 0.15) is 40.4 Å². The molecule has 0 spiro atoms. The number of hydrogen-bond acceptors (Lipinski definition) is 19. The largest absolute Gasteiger partial charge is 0.508 e. The average Bonchev–Trinajstić information content (AvgIpc) is 1.44. The Morgan fingerprint density at radius 1 is 0.773 bits per heavy atom. The Morgan fingerprint density at radius 3 is 1.98 bits per heavy atom. The second-order valence-corrected chi connectivity index (χ2v) is 33.4. The number of amides is 1. The summed E-state index contributed by atoms with van der Waals surface area (Å²) in [7, 11) is 11.9. The van der Waals surface area contributed by atoms with Crippen molar-refractivity contribution < 1.29 is 62.9 Å². The van der Waals surface area contributed by atoms with Gasteiger partial charge in [-0.25, -0.2) is 0 Å². The summed E-state index contributed by atoms with van der Waals surface area (Å²) in [5.41, 5.74) is 2.95. The monoisotopic (exact) mass is 1220 g/mol. The molecule has 470 valence electrons. The quantitative estimate of drug-likeness (QED) is 0.0522. The van der Waals surface area contributed by atoms with Crippen molar-refractivity contribution in [2.75, 3.05) is 85.8 Å². The Hall–Kier alpha value is -7.01. The number of nitrogens with zero attached hydrogens (tertiary/aromatic N) is 6. The number of phenolic OH excluding ortho intramolecular Hbond substituents is 1. The van der Waals surface area contributed by atoms with Crippen LogP contribution in [0, 0.1) is 35.0 Å². The molecule has 3 aromatic carbocycles. The Bertz CT molecular complexity index is 3690. The molecule has 1 aliphatic heterocycles. The summed E-state index contributed by atoms with van der Waals surface area (Å²) in [5, 5.41) is 49.8. The number of piperidine rings is 1. The number of phenols is 1. The van der Waals surface area contributed by atoms with Crippen LogP contribution in [0.25, 0.3) is 5.76 Å². The van der Waals surface area contributed by atoms with Crippen molar-refractivity contribution in [2.24, 2.45) is 33.8 Å². The standard InChI is InChI=1S/C38H47N3O6Si.C29H38N4O7/c1-22-16-17-26(40(5)6)24-18-36-19-25-29(41(7)8)30-28(33(39-46-30)45-20-23-14-12-11-13-15-23)32(43)38(25,47-48(9,10)35(2,3)4)34(44)37(36,21-36)31(42)27(22)24;1-31(2)17-8-9-18(34)19-15(17)12-28(14-33-10-6-5-7-11-33)13-16-22(32(3)4)24(36)20(27(30)39)25(37)29(16,40)26(38)21(28)23(19)35/h11-17,25,29H,18-21H2,1-10H3;8-9,16,22,34-35,37,40H,5-7,10-14H2,1-4H3,(H2,30,39)/t25-,29-,36-,37+,38+;16-,22-,28-,29+/m00/s1. The van der Waals surface area contributed by atoms with Gasteiger partial charge in [-0.2, -0.15) is 0 Å². The van der Waals surface area contributed by atoms with E-state index in [-0.39, 0.29) is 64.4 Å². The summed E-state index contributed by atoms with van der Waals surface area (Å²) in [6, 6.07) is 15.2. The van der Waals surface area contributed by atoms with E-state index in [1.54, 1.807) is 20.2 Å². The molecule has 4 fully saturated rings. The van der Waals surface area contributed by atoms with Crippen molar-refractivity contribution in [1.82, 2.24) is 19.9 Å². The Balaban J connectivity index is 0.000000185. The maximum atomic E-state index is 15.8. The highest BCUT2D eigenvalue weighted by Crippen LogP contribution is 2.79. The maximum Gasteiger partial charge on any atom is 0.265 e. The normalized spacial score (nSPS) is 29.9. The fourth-order valence-corrected chi connectivity index (χ4v) is 17.9. The molecular formula is C67H85N7O13Si. The zero-order chi connectivity index (χ0) is 64.1. The van der Waals surface area contributed by atoms with Gasteiger partial charge in [0, 0.05) is 74.5 Å². The predicted octanol–water partition coefficient (Wildman–Crippen LogP) is 7.48.